The molecular formula is C23H27N5O4. The lowest BCUT2D eigenvalue weighted by Gasteiger charge is -2.37. The van der Waals surface area contributed by atoms with E-state index < -0.39 is 11.0 Å². The minimum absolute atomic E-state index is 0.0512. The Morgan fingerprint density at radius 1 is 1.19 bits per heavy atom. The lowest BCUT2D eigenvalue weighted by atomic mass is 10.1. The molecule has 3 aromatic rings. The fourth-order valence-electron chi connectivity index (χ4n) is 4.08. The minimum Gasteiger partial charge on any atom is -0.481 e. The first-order chi connectivity index (χ1) is 15.5. The van der Waals surface area contributed by atoms with Crippen LogP contribution in [-0.4, -0.2) is 59.5 Å². The van der Waals surface area contributed by atoms with Gasteiger partial charge < -0.3 is 25.3 Å². The smallest absolute Gasteiger partial charge is 0.269 e. The molecule has 0 spiro atoms. The summed E-state index contributed by atoms with van der Waals surface area (Å²) in [5.74, 6) is 0.602. The van der Waals surface area contributed by atoms with Crippen LogP contribution in [0.3, 0.4) is 0 Å². The van der Waals surface area contributed by atoms with Crippen LogP contribution in [0.1, 0.15) is 12.5 Å². The zero-order chi connectivity index (χ0) is 22.7. The Morgan fingerprint density at radius 3 is 2.56 bits per heavy atom. The highest BCUT2D eigenvalue weighted by molar-refractivity contribution is 5.85. The molecule has 1 saturated heterocycles. The number of nitrogens with zero attached hydrogens (tertiary/aromatic N) is 3. The Balaban J connectivity index is 1.35. The number of amides is 1. The summed E-state index contributed by atoms with van der Waals surface area (Å²) in [6.45, 7) is 4.80. The predicted molar refractivity (Wildman–Crippen MR) is 123 cm³/mol. The molecule has 1 aliphatic heterocycles. The van der Waals surface area contributed by atoms with Crippen LogP contribution in [0.25, 0.3) is 10.9 Å². The molecule has 0 radical (unpaired) electrons. The molecule has 168 valence electrons. The number of hydrogen-bond donors (Lipinski definition) is 2. The number of aromatic nitrogens is 1. The van der Waals surface area contributed by atoms with Gasteiger partial charge in [0.2, 0.25) is 0 Å². The molecule has 2 heterocycles. The van der Waals surface area contributed by atoms with Crippen molar-refractivity contribution in [3.05, 3.63) is 64.3 Å². The van der Waals surface area contributed by atoms with Gasteiger partial charge in [0.25, 0.3) is 11.6 Å². The summed E-state index contributed by atoms with van der Waals surface area (Å²) in [7, 11) is 0. The molecule has 1 unspecified atom stereocenters. The van der Waals surface area contributed by atoms with Gasteiger partial charge >= 0.3 is 0 Å². The third kappa shape index (κ3) is 4.52. The second kappa shape index (κ2) is 9.27. The number of carbonyl (C=O) groups excluding carboxylic acids is 1. The monoisotopic (exact) mass is 437 g/mol. The number of carbonyl (C=O) groups is 1. The van der Waals surface area contributed by atoms with Crippen molar-refractivity contribution in [1.29, 1.82) is 0 Å². The number of nitro benzene ring substituents is 1. The van der Waals surface area contributed by atoms with Crippen LogP contribution >= 0.6 is 0 Å². The Labute approximate surface area is 185 Å². The topological polar surface area (TPSA) is 118 Å². The molecule has 0 bridgehead atoms. The van der Waals surface area contributed by atoms with Crippen LogP contribution in [0.2, 0.25) is 0 Å². The number of ether oxygens (including phenoxy) is 1. The molecule has 1 aliphatic rings. The number of nitrogens with two attached hydrogens (primary N) is 1. The van der Waals surface area contributed by atoms with Gasteiger partial charge in [-0.05, 0) is 55.8 Å². The van der Waals surface area contributed by atoms with Crippen LogP contribution in [0.5, 0.6) is 5.75 Å². The lowest BCUT2D eigenvalue weighted by molar-refractivity contribution is -0.384. The largest absolute Gasteiger partial charge is 0.481 e. The van der Waals surface area contributed by atoms with Crippen molar-refractivity contribution in [2.45, 2.75) is 19.4 Å². The molecule has 1 amide bonds. The number of non-ortho nitro benzene ring substituents is 1. The van der Waals surface area contributed by atoms with Crippen molar-refractivity contribution in [2.24, 2.45) is 5.73 Å². The van der Waals surface area contributed by atoms with Crippen LogP contribution in [0, 0.1) is 10.1 Å². The van der Waals surface area contributed by atoms with Crippen molar-refractivity contribution in [3.8, 4) is 5.75 Å². The summed E-state index contributed by atoms with van der Waals surface area (Å²) in [4.78, 5) is 30.5. The Kier molecular flexibility index (Phi) is 6.27. The normalized spacial score (nSPS) is 15.1. The second-order valence-electron chi connectivity index (χ2n) is 7.91. The molecule has 1 atom stereocenters. The number of H-pyrrole nitrogens is 1. The third-order valence-electron chi connectivity index (χ3n) is 5.83. The average Bonchev–Trinajstić information content (AvgIpc) is 3.21. The van der Waals surface area contributed by atoms with Gasteiger partial charge in [-0.25, -0.2) is 0 Å². The third-order valence-corrected chi connectivity index (χ3v) is 5.83. The SMILES string of the molecule is CC(Oc1ccc2[nH]cc(CCN)c2c1)C(=O)N1CCN(c2ccc([N+](=O)[O-])cc2)CC1. The molecule has 2 aromatic carbocycles. The lowest BCUT2D eigenvalue weighted by Crippen LogP contribution is -2.52. The summed E-state index contributed by atoms with van der Waals surface area (Å²) >= 11 is 0. The molecule has 0 saturated carbocycles. The molecular weight excluding hydrogens is 410 g/mol. The number of piperazine rings is 1. The number of rotatable bonds is 7. The van der Waals surface area contributed by atoms with Crippen LogP contribution in [0.4, 0.5) is 11.4 Å². The van der Waals surface area contributed by atoms with Gasteiger partial charge in [-0.15, -0.1) is 0 Å². The number of benzene rings is 2. The van der Waals surface area contributed by atoms with Crippen LogP contribution < -0.4 is 15.4 Å². The van der Waals surface area contributed by atoms with Crippen molar-refractivity contribution in [1.82, 2.24) is 9.88 Å². The van der Waals surface area contributed by atoms with E-state index in [0.717, 1.165) is 28.6 Å². The highest BCUT2D eigenvalue weighted by Crippen LogP contribution is 2.25. The van der Waals surface area contributed by atoms with E-state index in [9.17, 15) is 14.9 Å². The Bertz CT molecular complexity index is 1100. The first-order valence-corrected chi connectivity index (χ1v) is 10.7. The number of anilines is 1. The molecule has 1 aromatic heterocycles. The van der Waals surface area contributed by atoms with Crippen LogP contribution in [-0.2, 0) is 11.2 Å². The standard InChI is InChI=1S/C23H27N5O4/c1-16(32-20-6-7-22-21(14-20)17(8-9-24)15-25-22)23(29)27-12-10-26(11-13-27)18-2-4-19(5-3-18)28(30)31/h2-7,14-16,25H,8-13,24H2,1H3. The minimum atomic E-state index is -0.602. The van der Waals surface area contributed by atoms with E-state index in [1.54, 1.807) is 24.0 Å². The quantitative estimate of drug-likeness (QED) is 0.433. The van der Waals surface area contributed by atoms with Gasteiger partial charge in [-0.3, -0.25) is 14.9 Å². The maximum absolute atomic E-state index is 12.9. The van der Waals surface area contributed by atoms with E-state index in [1.165, 1.54) is 12.1 Å². The summed E-state index contributed by atoms with van der Waals surface area (Å²) in [5.41, 5.74) is 8.83. The van der Waals surface area contributed by atoms with Gasteiger partial charge in [-0.2, -0.15) is 0 Å². The fraction of sp³-hybridized carbons (Fsp3) is 0.348. The summed E-state index contributed by atoms with van der Waals surface area (Å²) in [6, 6.07) is 12.3. The Morgan fingerprint density at radius 2 is 1.91 bits per heavy atom. The number of fused-ring (bicyclic) bond motifs is 1. The fourth-order valence-corrected chi connectivity index (χ4v) is 4.08. The van der Waals surface area contributed by atoms with Gasteiger partial charge in [0.1, 0.15) is 5.75 Å². The van der Waals surface area contributed by atoms with Gasteiger partial charge in [0, 0.05) is 61.1 Å². The van der Waals surface area contributed by atoms with Crippen molar-refractivity contribution >= 4 is 28.2 Å². The van der Waals surface area contributed by atoms with Crippen molar-refractivity contribution in [3.63, 3.8) is 0 Å². The van der Waals surface area contributed by atoms with Crippen molar-refractivity contribution in [2.75, 3.05) is 37.6 Å². The molecule has 32 heavy (non-hydrogen) atoms. The highest BCUT2D eigenvalue weighted by Gasteiger charge is 2.26. The summed E-state index contributed by atoms with van der Waals surface area (Å²) < 4.78 is 5.97. The zero-order valence-electron chi connectivity index (χ0n) is 18.0. The molecule has 9 nitrogen and oxygen atoms in total. The summed E-state index contributed by atoms with van der Waals surface area (Å²) in [5, 5.41) is 11.9. The van der Waals surface area contributed by atoms with E-state index in [1.807, 2.05) is 24.4 Å². The maximum Gasteiger partial charge on any atom is 0.269 e. The van der Waals surface area contributed by atoms with Gasteiger partial charge in [0.05, 0.1) is 4.92 Å². The van der Waals surface area contributed by atoms with Gasteiger partial charge in [-0.1, -0.05) is 0 Å². The molecule has 4 rings (SSSR count). The average molecular weight is 438 g/mol. The van der Waals surface area contributed by atoms with E-state index in [4.69, 9.17) is 10.5 Å². The predicted octanol–water partition coefficient (Wildman–Crippen LogP) is 2.69. The molecule has 0 aliphatic carbocycles. The molecule has 9 heteroatoms. The number of nitro groups is 1. The Hall–Kier alpha value is -3.59. The van der Waals surface area contributed by atoms with Crippen LogP contribution in [0.15, 0.2) is 48.7 Å². The van der Waals surface area contributed by atoms with E-state index in [-0.39, 0.29) is 11.6 Å². The molecule has 1 fully saturated rings. The molecule has 3 N–H and O–H groups in total. The highest BCUT2D eigenvalue weighted by atomic mass is 16.6. The van der Waals surface area contributed by atoms with E-state index in [0.29, 0.717) is 38.5 Å². The number of hydrogen-bond acceptors (Lipinski definition) is 6. The number of aromatic amines is 1. The number of nitrogens with one attached hydrogen (secondary N) is 1. The van der Waals surface area contributed by atoms with Crippen molar-refractivity contribution < 1.29 is 14.5 Å². The first kappa shape index (κ1) is 21.6. The van der Waals surface area contributed by atoms with E-state index in [2.05, 4.69) is 9.88 Å². The first-order valence-electron chi connectivity index (χ1n) is 10.7. The summed E-state index contributed by atoms with van der Waals surface area (Å²) in [6.07, 6.45) is 2.13. The maximum atomic E-state index is 12.9. The van der Waals surface area contributed by atoms with Gasteiger partial charge in [0.15, 0.2) is 6.10 Å². The second-order valence-corrected chi connectivity index (χ2v) is 7.91. The van der Waals surface area contributed by atoms with E-state index >= 15 is 0 Å². The zero-order valence-corrected chi connectivity index (χ0v) is 18.0.